The van der Waals surface area contributed by atoms with Gasteiger partial charge in [-0.25, -0.2) is 13.4 Å². The van der Waals surface area contributed by atoms with Gasteiger partial charge in [0.2, 0.25) is 5.91 Å². The van der Waals surface area contributed by atoms with Crippen LogP contribution in [0.2, 0.25) is 0 Å². The highest BCUT2D eigenvalue weighted by atomic mass is 32.2. The number of hydrogen-bond donors (Lipinski definition) is 0. The highest BCUT2D eigenvalue weighted by Crippen LogP contribution is 2.22. The monoisotopic (exact) mass is 321 g/mol. The van der Waals surface area contributed by atoms with Gasteiger partial charge in [0, 0.05) is 13.1 Å². The van der Waals surface area contributed by atoms with Crippen molar-refractivity contribution in [3.8, 4) is 0 Å². The van der Waals surface area contributed by atoms with Gasteiger partial charge in [-0.15, -0.1) is 0 Å². The van der Waals surface area contributed by atoms with Gasteiger partial charge in [-0.3, -0.25) is 4.79 Å². The summed E-state index contributed by atoms with van der Waals surface area (Å²) >= 11 is 0. The molecule has 1 fully saturated rings. The summed E-state index contributed by atoms with van der Waals surface area (Å²) in [7, 11) is -1.32. The first-order valence-corrected chi connectivity index (χ1v) is 9.10. The van der Waals surface area contributed by atoms with E-state index in [1.165, 1.54) is 0 Å². The van der Waals surface area contributed by atoms with Crippen LogP contribution in [0.4, 0.5) is 0 Å². The number of imidazole rings is 1. The smallest absolute Gasteiger partial charge is 0.245 e. The summed E-state index contributed by atoms with van der Waals surface area (Å²) in [6.45, 7) is 1.82. The van der Waals surface area contributed by atoms with E-state index in [2.05, 4.69) is 4.98 Å². The summed E-state index contributed by atoms with van der Waals surface area (Å²) in [6.07, 6.45) is 2.18. The number of likely N-dealkylation sites (N-methyl/N-ethyl adjacent to an activating group) is 1. The van der Waals surface area contributed by atoms with Gasteiger partial charge in [0.05, 0.1) is 28.9 Å². The molecule has 118 valence electrons. The topological polar surface area (TPSA) is 72.3 Å². The summed E-state index contributed by atoms with van der Waals surface area (Å²) in [5.41, 5.74) is 1.74. The molecule has 6 nitrogen and oxygen atoms in total. The molecule has 0 N–H and O–H groups in total. The van der Waals surface area contributed by atoms with Crippen molar-refractivity contribution in [1.29, 1.82) is 0 Å². The zero-order valence-corrected chi connectivity index (χ0v) is 13.5. The molecule has 0 bridgehead atoms. The van der Waals surface area contributed by atoms with E-state index >= 15 is 0 Å². The van der Waals surface area contributed by atoms with Crippen molar-refractivity contribution in [2.45, 2.75) is 25.4 Å². The molecule has 1 aliphatic rings. The first kappa shape index (κ1) is 15.0. The highest BCUT2D eigenvalue weighted by Gasteiger charge is 2.34. The normalized spacial score (nSPS) is 21.8. The number of benzene rings is 1. The SMILES string of the molecule is C[C@H](C(=O)N(C)[C@@H]1CCS(=O)(=O)C1)n1cnc2ccccc21. The van der Waals surface area contributed by atoms with E-state index in [-0.39, 0.29) is 23.5 Å². The Labute approximate surface area is 129 Å². The molecule has 3 rings (SSSR count). The first-order valence-electron chi connectivity index (χ1n) is 7.28. The Morgan fingerprint density at radius 3 is 2.82 bits per heavy atom. The number of fused-ring (bicyclic) bond motifs is 1. The van der Waals surface area contributed by atoms with Crippen molar-refractivity contribution in [2.75, 3.05) is 18.6 Å². The predicted molar refractivity (Wildman–Crippen MR) is 84.3 cm³/mol. The van der Waals surface area contributed by atoms with Crippen molar-refractivity contribution in [3.63, 3.8) is 0 Å². The quantitative estimate of drug-likeness (QED) is 0.853. The molecule has 2 heterocycles. The standard InChI is InChI=1S/C15H19N3O3S/c1-11(18-10-16-13-5-3-4-6-14(13)18)15(19)17(2)12-7-8-22(20,21)9-12/h3-6,10-12H,7-9H2,1-2H3/t11-,12-/m1/s1. The molecule has 1 aromatic carbocycles. The Morgan fingerprint density at radius 2 is 2.14 bits per heavy atom. The third-order valence-electron chi connectivity index (χ3n) is 4.36. The number of hydrogen-bond acceptors (Lipinski definition) is 4. The Morgan fingerprint density at radius 1 is 1.41 bits per heavy atom. The minimum atomic E-state index is -3.00. The van der Waals surface area contributed by atoms with Gasteiger partial charge in [0.25, 0.3) is 0 Å². The Kier molecular flexibility index (Phi) is 3.68. The number of sulfone groups is 1. The maximum Gasteiger partial charge on any atom is 0.245 e. The molecular formula is C15H19N3O3S. The summed E-state index contributed by atoms with van der Waals surface area (Å²) < 4.78 is 25.0. The number of nitrogens with zero attached hydrogens (tertiary/aromatic N) is 3. The molecule has 2 aromatic rings. The van der Waals surface area contributed by atoms with Crippen LogP contribution in [-0.2, 0) is 14.6 Å². The number of rotatable bonds is 3. The summed E-state index contributed by atoms with van der Waals surface area (Å²) in [5, 5.41) is 0. The predicted octanol–water partition coefficient (Wildman–Crippen LogP) is 1.24. The molecule has 1 aromatic heterocycles. The van der Waals surface area contributed by atoms with Crippen LogP contribution in [0.15, 0.2) is 30.6 Å². The van der Waals surface area contributed by atoms with Crippen LogP contribution < -0.4 is 0 Å². The van der Waals surface area contributed by atoms with Crippen LogP contribution in [-0.4, -0.2) is 53.4 Å². The van der Waals surface area contributed by atoms with E-state index in [9.17, 15) is 13.2 Å². The number of amides is 1. The fourth-order valence-electron chi connectivity index (χ4n) is 2.96. The van der Waals surface area contributed by atoms with Crippen molar-refractivity contribution < 1.29 is 13.2 Å². The molecule has 0 saturated carbocycles. The zero-order chi connectivity index (χ0) is 15.9. The third-order valence-corrected chi connectivity index (χ3v) is 6.11. The van der Waals surface area contributed by atoms with Gasteiger partial charge in [-0.1, -0.05) is 12.1 Å². The lowest BCUT2D eigenvalue weighted by Gasteiger charge is -2.27. The second kappa shape index (κ2) is 5.39. The summed E-state index contributed by atoms with van der Waals surface area (Å²) in [4.78, 5) is 18.5. The van der Waals surface area contributed by atoms with E-state index in [1.807, 2.05) is 35.8 Å². The average Bonchev–Trinajstić information content (AvgIpc) is 3.08. The van der Waals surface area contributed by atoms with Crippen LogP contribution in [0.5, 0.6) is 0 Å². The Bertz CT molecular complexity index is 812. The first-order chi connectivity index (χ1) is 10.4. The molecule has 2 atom stereocenters. The number of aromatic nitrogens is 2. The summed E-state index contributed by atoms with van der Waals surface area (Å²) in [6, 6.07) is 6.99. The summed E-state index contributed by atoms with van der Waals surface area (Å²) in [5.74, 6) is 0.134. The second-order valence-electron chi connectivity index (χ2n) is 5.82. The zero-order valence-electron chi connectivity index (χ0n) is 12.6. The molecule has 1 amide bonds. The van der Waals surface area contributed by atoms with Crippen LogP contribution in [0, 0.1) is 0 Å². The largest absolute Gasteiger partial charge is 0.340 e. The number of carbonyl (C=O) groups excluding carboxylic acids is 1. The van der Waals surface area contributed by atoms with E-state index < -0.39 is 15.9 Å². The third kappa shape index (κ3) is 2.61. The lowest BCUT2D eigenvalue weighted by Crippen LogP contribution is -2.41. The van der Waals surface area contributed by atoms with Crippen molar-refractivity contribution in [2.24, 2.45) is 0 Å². The van der Waals surface area contributed by atoms with Gasteiger partial charge in [-0.05, 0) is 25.5 Å². The van der Waals surface area contributed by atoms with E-state index in [0.717, 1.165) is 11.0 Å². The lowest BCUT2D eigenvalue weighted by molar-refractivity contribution is -0.134. The lowest BCUT2D eigenvalue weighted by atomic mass is 10.2. The average molecular weight is 321 g/mol. The van der Waals surface area contributed by atoms with E-state index in [4.69, 9.17) is 0 Å². The van der Waals surface area contributed by atoms with Crippen LogP contribution >= 0.6 is 0 Å². The van der Waals surface area contributed by atoms with Crippen molar-refractivity contribution in [1.82, 2.24) is 14.5 Å². The van der Waals surface area contributed by atoms with E-state index in [0.29, 0.717) is 6.42 Å². The Hall–Kier alpha value is -1.89. The van der Waals surface area contributed by atoms with Crippen molar-refractivity contribution >= 4 is 26.8 Å². The fraction of sp³-hybridized carbons (Fsp3) is 0.467. The molecule has 0 radical (unpaired) electrons. The molecular weight excluding hydrogens is 302 g/mol. The number of para-hydroxylation sites is 2. The van der Waals surface area contributed by atoms with Gasteiger partial charge in [-0.2, -0.15) is 0 Å². The van der Waals surface area contributed by atoms with Crippen LogP contribution in [0.25, 0.3) is 11.0 Å². The van der Waals surface area contributed by atoms with Gasteiger partial charge in [0.1, 0.15) is 6.04 Å². The minimum Gasteiger partial charge on any atom is -0.340 e. The highest BCUT2D eigenvalue weighted by molar-refractivity contribution is 7.91. The van der Waals surface area contributed by atoms with Gasteiger partial charge < -0.3 is 9.47 Å². The molecule has 1 aliphatic heterocycles. The maximum absolute atomic E-state index is 12.7. The molecule has 22 heavy (non-hydrogen) atoms. The minimum absolute atomic E-state index is 0.0621. The van der Waals surface area contributed by atoms with Gasteiger partial charge >= 0.3 is 0 Å². The Balaban J connectivity index is 1.82. The molecule has 0 spiro atoms. The van der Waals surface area contributed by atoms with E-state index in [1.54, 1.807) is 18.3 Å². The molecule has 1 saturated heterocycles. The van der Waals surface area contributed by atoms with Crippen LogP contribution in [0.3, 0.4) is 0 Å². The second-order valence-corrected chi connectivity index (χ2v) is 8.05. The number of carbonyl (C=O) groups is 1. The fourth-order valence-corrected chi connectivity index (χ4v) is 4.74. The molecule has 0 aliphatic carbocycles. The molecule has 0 unspecified atom stereocenters. The molecule has 7 heteroatoms. The van der Waals surface area contributed by atoms with Crippen molar-refractivity contribution in [3.05, 3.63) is 30.6 Å². The van der Waals surface area contributed by atoms with Crippen LogP contribution in [0.1, 0.15) is 19.4 Å². The van der Waals surface area contributed by atoms with Gasteiger partial charge in [0.15, 0.2) is 9.84 Å². The maximum atomic E-state index is 12.7.